The van der Waals surface area contributed by atoms with Gasteiger partial charge in [-0.25, -0.2) is 5.84 Å². The summed E-state index contributed by atoms with van der Waals surface area (Å²) in [5, 5.41) is 9.17. The van der Waals surface area contributed by atoms with Crippen molar-refractivity contribution >= 4 is 12.1 Å². The Morgan fingerprint density at radius 1 is 1.55 bits per heavy atom. The van der Waals surface area contributed by atoms with Crippen molar-refractivity contribution in [3.63, 3.8) is 0 Å². The van der Waals surface area contributed by atoms with Crippen LogP contribution in [-0.4, -0.2) is 24.1 Å². The van der Waals surface area contributed by atoms with Crippen LogP contribution in [-0.2, 0) is 0 Å². The van der Waals surface area contributed by atoms with Gasteiger partial charge in [-0.1, -0.05) is 13.8 Å². The van der Waals surface area contributed by atoms with Crippen LogP contribution in [0.5, 0.6) is 0 Å². The molecule has 0 spiro atoms. The largest absolute Gasteiger partial charge is 0.300 e. The molecule has 0 aromatic heterocycles. The van der Waals surface area contributed by atoms with Crippen molar-refractivity contribution in [2.75, 3.05) is 7.05 Å². The van der Waals surface area contributed by atoms with E-state index in [1.54, 1.807) is 13.3 Å². The average molecular weight is 156 g/mol. The van der Waals surface area contributed by atoms with Gasteiger partial charge in [0.15, 0.2) is 0 Å². The van der Waals surface area contributed by atoms with Crippen molar-refractivity contribution in [2.45, 2.75) is 20.8 Å². The summed E-state index contributed by atoms with van der Waals surface area (Å²) in [7, 11) is 1.75. The van der Waals surface area contributed by atoms with Gasteiger partial charge in [-0.05, 0) is 6.92 Å². The first-order valence-electron chi connectivity index (χ1n) is 3.63. The van der Waals surface area contributed by atoms with Gasteiger partial charge in [0.05, 0.1) is 0 Å². The van der Waals surface area contributed by atoms with Crippen LogP contribution in [0.4, 0.5) is 0 Å². The van der Waals surface area contributed by atoms with Gasteiger partial charge < -0.3 is 0 Å². The highest BCUT2D eigenvalue weighted by atomic mass is 15.4. The van der Waals surface area contributed by atoms with E-state index in [2.05, 4.69) is 10.2 Å². The molecule has 0 aliphatic carbocycles. The van der Waals surface area contributed by atoms with Crippen LogP contribution < -0.4 is 5.84 Å². The van der Waals surface area contributed by atoms with Crippen LogP contribution in [0.15, 0.2) is 10.2 Å². The van der Waals surface area contributed by atoms with E-state index in [1.165, 1.54) is 5.01 Å². The molecular formula is C7H16N4. The van der Waals surface area contributed by atoms with Crippen molar-refractivity contribution in [2.24, 2.45) is 22.0 Å². The number of rotatable bonds is 2. The molecule has 0 rings (SSSR count). The van der Waals surface area contributed by atoms with Gasteiger partial charge in [0.2, 0.25) is 0 Å². The van der Waals surface area contributed by atoms with E-state index in [1.807, 2.05) is 20.8 Å². The molecule has 0 atom stereocenters. The van der Waals surface area contributed by atoms with Crippen molar-refractivity contribution in [3.05, 3.63) is 0 Å². The molecule has 0 radical (unpaired) electrons. The van der Waals surface area contributed by atoms with Crippen LogP contribution in [0.1, 0.15) is 20.8 Å². The molecule has 11 heavy (non-hydrogen) atoms. The fourth-order valence-corrected chi connectivity index (χ4v) is 0.710. The summed E-state index contributed by atoms with van der Waals surface area (Å²) in [5.41, 5.74) is 0. The molecule has 0 saturated carbocycles. The van der Waals surface area contributed by atoms with Gasteiger partial charge in [0, 0.05) is 19.2 Å². The SMILES string of the molecule is C/C=N\N=C(\C(C)C)N(C)N. The fourth-order valence-electron chi connectivity index (χ4n) is 0.710. The van der Waals surface area contributed by atoms with Gasteiger partial charge in [-0.15, -0.1) is 5.10 Å². The van der Waals surface area contributed by atoms with Crippen molar-refractivity contribution in [3.8, 4) is 0 Å². The number of hydrogen-bond donors (Lipinski definition) is 1. The quantitative estimate of drug-likeness (QED) is 0.279. The van der Waals surface area contributed by atoms with E-state index in [-0.39, 0.29) is 0 Å². The second-order valence-electron chi connectivity index (χ2n) is 2.60. The third kappa shape index (κ3) is 3.72. The topological polar surface area (TPSA) is 54.0 Å². The fraction of sp³-hybridized carbons (Fsp3) is 0.714. The summed E-state index contributed by atoms with van der Waals surface area (Å²) >= 11 is 0. The predicted octanol–water partition coefficient (Wildman–Crippen LogP) is 0.852. The molecular weight excluding hydrogens is 140 g/mol. The first-order valence-corrected chi connectivity index (χ1v) is 3.63. The predicted molar refractivity (Wildman–Crippen MR) is 48.4 cm³/mol. The summed E-state index contributed by atoms with van der Waals surface area (Å²) < 4.78 is 0. The Morgan fingerprint density at radius 3 is 2.36 bits per heavy atom. The Hall–Kier alpha value is -0.900. The van der Waals surface area contributed by atoms with Crippen LogP contribution >= 0.6 is 0 Å². The summed E-state index contributed by atoms with van der Waals surface area (Å²) in [6.07, 6.45) is 1.63. The van der Waals surface area contributed by atoms with Gasteiger partial charge in [0.25, 0.3) is 0 Å². The normalized spacial score (nSPS) is 13.1. The zero-order chi connectivity index (χ0) is 8.85. The minimum atomic E-state index is 0.300. The molecule has 0 fully saturated rings. The molecule has 0 aliphatic heterocycles. The Balaban J connectivity index is 4.33. The highest BCUT2D eigenvalue weighted by Gasteiger charge is 2.06. The van der Waals surface area contributed by atoms with Gasteiger partial charge in [-0.2, -0.15) is 5.10 Å². The lowest BCUT2D eigenvalue weighted by Gasteiger charge is -2.16. The van der Waals surface area contributed by atoms with E-state index in [0.29, 0.717) is 5.92 Å². The van der Waals surface area contributed by atoms with Gasteiger partial charge in [-0.3, -0.25) is 5.01 Å². The van der Waals surface area contributed by atoms with E-state index in [9.17, 15) is 0 Å². The first-order chi connectivity index (χ1) is 5.09. The third-order valence-electron chi connectivity index (χ3n) is 1.15. The summed E-state index contributed by atoms with van der Waals surface area (Å²) in [6.45, 7) is 5.86. The Morgan fingerprint density at radius 2 is 2.09 bits per heavy atom. The zero-order valence-electron chi connectivity index (χ0n) is 7.57. The third-order valence-corrected chi connectivity index (χ3v) is 1.15. The lowest BCUT2D eigenvalue weighted by atomic mass is 10.2. The number of nitrogens with two attached hydrogens (primary N) is 1. The molecule has 0 heterocycles. The summed E-state index contributed by atoms with van der Waals surface area (Å²) in [6, 6.07) is 0. The van der Waals surface area contributed by atoms with Crippen molar-refractivity contribution in [1.29, 1.82) is 0 Å². The lowest BCUT2D eigenvalue weighted by molar-refractivity contribution is 0.502. The maximum absolute atomic E-state index is 5.51. The highest BCUT2D eigenvalue weighted by Crippen LogP contribution is 1.98. The maximum atomic E-state index is 5.51. The molecule has 0 bridgehead atoms. The van der Waals surface area contributed by atoms with Crippen LogP contribution in [0.2, 0.25) is 0 Å². The van der Waals surface area contributed by atoms with Gasteiger partial charge in [0.1, 0.15) is 5.84 Å². The molecule has 0 saturated heterocycles. The molecule has 0 aliphatic rings. The molecule has 0 amide bonds. The number of hydrogen-bond acceptors (Lipinski definition) is 3. The molecule has 0 aromatic carbocycles. The summed E-state index contributed by atoms with van der Waals surface area (Å²) in [5.74, 6) is 6.59. The zero-order valence-corrected chi connectivity index (χ0v) is 7.57. The standard InChI is InChI=1S/C7H16N4/c1-5-9-10-7(6(2)3)11(4)8/h5-6H,8H2,1-4H3/b9-5-,10-7-. The lowest BCUT2D eigenvalue weighted by Crippen LogP contribution is -2.36. The molecule has 0 aromatic rings. The Bertz CT molecular complexity index is 148. The van der Waals surface area contributed by atoms with Crippen LogP contribution in [0.3, 0.4) is 0 Å². The average Bonchev–Trinajstić information content (AvgIpc) is 1.87. The van der Waals surface area contributed by atoms with Crippen molar-refractivity contribution < 1.29 is 0 Å². The molecule has 4 nitrogen and oxygen atoms in total. The van der Waals surface area contributed by atoms with Gasteiger partial charge >= 0.3 is 0 Å². The molecule has 4 heteroatoms. The van der Waals surface area contributed by atoms with E-state index >= 15 is 0 Å². The summed E-state index contributed by atoms with van der Waals surface area (Å²) in [4.78, 5) is 0. The Labute approximate surface area is 67.8 Å². The number of hydrazine groups is 1. The van der Waals surface area contributed by atoms with E-state index < -0.39 is 0 Å². The minimum absolute atomic E-state index is 0.300. The number of amidine groups is 1. The van der Waals surface area contributed by atoms with E-state index in [4.69, 9.17) is 5.84 Å². The molecule has 0 unspecified atom stereocenters. The Kier molecular flexibility index (Phi) is 4.45. The number of nitrogens with zero attached hydrogens (tertiary/aromatic N) is 3. The van der Waals surface area contributed by atoms with Crippen LogP contribution in [0.25, 0.3) is 0 Å². The second kappa shape index (κ2) is 4.85. The second-order valence-corrected chi connectivity index (χ2v) is 2.60. The van der Waals surface area contributed by atoms with Crippen LogP contribution in [0, 0.1) is 5.92 Å². The first kappa shape index (κ1) is 10.1. The molecule has 2 N–H and O–H groups in total. The maximum Gasteiger partial charge on any atom is 0.143 e. The minimum Gasteiger partial charge on any atom is -0.300 e. The molecule has 64 valence electrons. The smallest absolute Gasteiger partial charge is 0.143 e. The van der Waals surface area contributed by atoms with Crippen molar-refractivity contribution in [1.82, 2.24) is 5.01 Å². The monoisotopic (exact) mass is 156 g/mol. The highest BCUT2D eigenvalue weighted by molar-refractivity contribution is 5.83. The van der Waals surface area contributed by atoms with E-state index in [0.717, 1.165) is 5.84 Å².